The first-order chi connectivity index (χ1) is 17.6. The van der Waals surface area contributed by atoms with E-state index in [2.05, 4.69) is 0 Å². The number of alkyl halides is 3. The normalized spacial score (nSPS) is 13.9. The number of rotatable bonds is 4. The predicted molar refractivity (Wildman–Crippen MR) is 125 cm³/mol. The first-order valence-corrected chi connectivity index (χ1v) is 12.6. The van der Waals surface area contributed by atoms with Crippen molar-refractivity contribution >= 4 is 20.9 Å². The number of aryl methyl sites for hydroxylation is 2. The van der Waals surface area contributed by atoms with Gasteiger partial charge in [0.1, 0.15) is 4.90 Å². The molecule has 4 aromatic rings. The Kier molecular flexibility index (Phi) is 6.31. The lowest BCUT2D eigenvalue weighted by molar-refractivity contribution is -0.686. The van der Waals surface area contributed by atoms with E-state index in [1.165, 1.54) is 7.11 Å². The molecule has 0 saturated carbocycles. The van der Waals surface area contributed by atoms with Crippen LogP contribution in [0, 0.1) is 0 Å². The molecular weight excluding hydrogens is 547 g/mol. The summed E-state index contributed by atoms with van der Waals surface area (Å²) in [6.07, 6.45) is -2.23. The topological polar surface area (TPSA) is 74.9 Å². The van der Waals surface area contributed by atoms with Crippen LogP contribution in [-0.4, -0.2) is 22.3 Å². The maximum atomic E-state index is 13.2. The second-order valence-corrected chi connectivity index (χ2v) is 10.2. The number of halogens is 4. The van der Waals surface area contributed by atoms with Gasteiger partial charge < -0.3 is 30.8 Å². The van der Waals surface area contributed by atoms with Crippen LogP contribution in [0.2, 0.25) is 0 Å². The van der Waals surface area contributed by atoms with E-state index in [1.54, 1.807) is 18.3 Å². The van der Waals surface area contributed by atoms with Gasteiger partial charge in [0.15, 0.2) is 35.7 Å². The molecule has 0 fully saturated rings. The van der Waals surface area contributed by atoms with E-state index in [1.807, 2.05) is 22.8 Å². The van der Waals surface area contributed by atoms with Crippen molar-refractivity contribution in [3.8, 4) is 34.3 Å². The molecule has 12 heteroatoms. The zero-order valence-corrected chi connectivity index (χ0v) is 21.3. The summed E-state index contributed by atoms with van der Waals surface area (Å²) in [7, 11) is -3.26. The Morgan fingerprint density at radius 2 is 1.76 bits per heavy atom. The van der Waals surface area contributed by atoms with Gasteiger partial charge in [-0.2, -0.15) is 26.2 Å². The first kappa shape index (κ1) is 25.9. The Bertz CT molecular complexity index is 1690. The number of benzene rings is 3. The van der Waals surface area contributed by atoms with Crippen molar-refractivity contribution in [3.05, 3.63) is 71.9 Å². The molecule has 7 nitrogen and oxygen atoms in total. The number of nitrogens with zero attached hydrogens (tertiary/aromatic N) is 1. The average Bonchev–Trinajstić information content (AvgIpc) is 3.33. The van der Waals surface area contributed by atoms with Crippen molar-refractivity contribution in [1.29, 1.82) is 0 Å². The predicted octanol–water partition coefficient (Wildman–Crippen LogP) is 1.88. The highest BCUT2D eigenvalue weighted by molar-refractivity contribution is 7.87. The van der Waals surface area contributed by atoms with Crippen molar-refractivity contribution in [3.63, 3.8) is 0 Å². The number of hydrogen-bond donors (Lipinski definition) is 0. The van der Waals surface area contributed by atoms with Crippen LogP contribution in [0.4, 0.5) is 13.2 Å². The van der Waals surface area contributed by atoms with E-state index in [-0.39, 0.29) is 30.7 Å². The smallest absolute Gasteiger partial charge is 0.416 e. The Morgan fingerprint density at radius 1 is 1.00 bits per heavy atom. The largest absolute Gasteiger partial charge is 1.00 e. The van der Waals surface area contributed by atoms with Crippen LogP contribution in [-0.2, 0) is 29.3 Å². The van der Waals surface area contributed by atoms with Gasteiger partial charge in [-0.15, -0.1) is 0 Å². The van der Waals surface area contributed by atoms with Gasteiger partial charge in [-0.1, -0.05) is 6.07 Å². The van der Waals surface area contributed by atoms with Gasteiger partial charge in [0.25, 0.3) is 0 Å². The third-order valence-electron chi connectivity index (χ3n) is 6.44. The zero-order valence-electron chi connectivity index (χ0n) is 19.7. The summed E-state index contributed by atoms with van der Waals surface area (Å²) < 4.78 is 89.5. The monoisotopic (exact) mass is 565 g/mol. The molecule has 3 aromatic carbocycles. The van der Waals surface area contributed by atoms with Gasteiger partial charge in [-0.25, -0.2) is 0 Å². The molecule has 0 unspecified atom stereocenters. The average molecular weight is 566 g/mol. The van der Waals surface area contributed by atoms with Gasteiger partial charge in [-0.05, 0) is 53.4 Å². The minimum atomic E-state index is -4.70. The molecule has 0 atom stereocenters. The van der Waals surface area contributed by atoms with Gasteiger partial charge in [0.05, 0.1) is 23.6 Å². The van der Waals surface area contributed by atoms with E-state index in [4.69, 9.17) is 18.4 Å². The molecule has 0 bridgehead atoms. The van der Waals surface area contributed by atoms with Crippen LogP contribution in [0.25, 0.3) is 22.0 Å². The fourth-order valence-corrected chi connectivity index (χ4v) is 5.63. The highest BCUT2D eigenvalue weighted by Gasteiger charge is 2.33. The molecule has 198 valence electrons. The minimum absolute atomic E-state index is 0. The number of pyridine rings is 1. The summed E-state index contributed by atoms with van der Waals surface area (Å²) in [4.78, 5) is -0.614. The minimum Gasteiger partial charge on any atom is -1.00 e. The van der Waals surface area contributed by atoms with Crippen LogP contribution in [0.3, 0.4) is 0 Å². The summed E-state index contributed by atoms with van der Waals surface area (Å²) in [5.41, 5.74) is 1.86. The van der Waals surface area contributed by atoms with Crippen molar-refractivity contribution in [1.82, 2.24) is 0 Å². The third-order valence-corrected chi connectivity index (χ3v) is 7.66. The van der Waals surface area contributed by atoms with Crippen molar-refractivity contribution in [2.45, 2.75) is 24.0 Å². The van der Waals surface area contributed by atoms with Gasteiger partial charge in [-0.3, -0.25) is 0 Å². The van der Waals surface area contributed by atoms with E-state index >= 15 is 0 Å². The summed E-state index contributed by atoms with van der Waals surface area (Å²) in [6.45, 7) is 0.770. The van der Waals surface area contributed by atoms with Crippen LogP contribution in [0.15, 0.2) is 65.7 Å². The van der Waals surface area contributed by atoms with Gasteiger partial charge in [0, 0.05) is 12.5 Å². The Balaban J connectivity index is 0.00000294. The van der Waals surface area contributed by atoms with Gasteiger partial charge in [0.2, 0.25) is 12.5 Å². The lowest BCUT2D eigenvalue weighted by atomic mass is 9.95. The number of ether oxygens (including phenoxy) is 3. The van der Waals surface area contributed by atoms with Gasteiger partial charge >= 0.3 is 16.3 Å². The Morgan fingerprint density at radius 3 is 2.50 bits per heavy atom. The van der Waals surface area contributed by atoms with Crippen molar-refractivity contribution in [2.24, 2.45) is 0 Å². The Labute approximate surface area is 221 Å². The summed E-state index contributed by atoms with van der Waals surface area (Å²) in [5.74, 6) is 1.37. The number of aromatic nitrogens is 1. The second kappa shape index (κ2) is 9.25. The fourth-order valence-electron chi connectivity index (χ4n) is 4.63. The molecule has 0 radical (unpaired) electrons. The summed E-state index contributed by atoms with van der Waals surface area (Å²) in [6, 6.07) is 12.5. The van der Waals surface area contributed by atoms with Crippen molar-refractivity contribution in [2.75, 3.05) is 13.9 Å². The molecule has 0 saturated heterocycles. The molecule has 3 heterocycles. The maximum Gasteiger partial charge on any atom is 0.416 e. The quantitative estimate of drug-likeness (QED) is 0.278. The standard InChI is InChI=1S/C26H19F3NO6S.ClH/c1-33-22-6-5-15-9-21-19-12-24-23(34-14-35-24)10-16(19)7-8-30(21)13-20(15)25(22)36-37(31,32)18-4-2-3-17(11-18)26(27,28)29;/h2-6,9-13H,7-8,14H2,1H3;1H/q+1;/p-1. The number of methoxy groups -OCH3 is 1. The molecule has 2 aliphatic rings. The molecule has 38 heavy (non-hydrogen) atoms. The maximum absolute atomic E-state index is 13.2. The summed E-state index contributed by atoms with van der Waals surface area (Å²) >= 11 is 0. The molecule has 0 aliphatic carbocycles. The molecule has 2 aliphatic heterocycles. The van der Waals surface area contributed by atoms with E-state index in [0.717, 1.165) is 35.0 Å². The molecule has 0 amide bonds. The van der Waals surface area contributed by atoms with Crippen LogP contribution >= 0.6 is 0 Å². The molecule has 0 spiro atoms. The van der Waals surface area contributed by atoms with Crippen molar-refractivity contribution < 1.29 is 57.0 Å². The second-order valence-electron chi connectivity index (χ2n) is 8.63. The lowest BCUT2D eigenvalue weighted by Gasteiger charge is -2.18. The van der Waals surface area contributed by atoms with Crippen LogP contribution in [0.5, 0.6) is 23.0 Å². The van der Waals surface area contributed by atoms with E-state index in [9.17, 15) is 21.6 Å². The number of fused-ring (bicyclic) bond motifs is 5. The van der Waals surface area contributed by atoms with Crippen LogP contribution < -0.4 is 35.4 Å². The SMILES string of the molecule is COc1ccc2cc3[n+](cc2c1OS(=O)(=O)c1cccc(C(F)(F)F)c1)CCc1cc2c(cc1-3)OCO2.[Cl-]. The number of hydrogen-bond acceptors (Lipinski definition) is 6. The van der Waals surface area contributed by atoms with E-state index in [0.29, 0.717) is 41.3 Å². The van der Waals surface area contributed by atoms with E-state index < -0.39 is 26.8 Å². The lowest BCUT2D eigenvalue weighted by Crippen LogP contribution is -3.00. The fraction of sp³-hybridized carbons (Fsp3) is 0.192. The Hall–Kier alpha value is -3.70. The van der Waals surface area contributed by atoms with Crippen LogP contribution in [0.1, 0.15) is 11.1 Å². The summed E-state index contributed by atoms with van der Waals surface area (Å²) in [5, 5.41) is 1.09. The zero-order chi connectivity index (χ0) is 25.9. The molecule has 0 N–H and O–H groups in total. The first-order valence-electron chi connectivity index (χ1n) is 11.2. The highest BCUT2D eigenvalue weighted by atomic mass is 35.5. The molecule has 6 rings (SSSR count). The molecule has 1 aromatic heterocycles. The molecular formula is C26H19ClF3NO6S. The third kappa shape index (κ3) is 4.35. The highest BCUT2D eigenvalue weighted by Crippen LogP contribution is 2.42.